The van der Waals surface area contributed by atoms with E-state index in [0.717, 1.165) is 11.4 Å². The highest BCUT2D eigenvalue weighted by Gasteiger charge is 2.23. The molecule has 0 saturated heterocycles. The molecule has 1 atom stereocenters. The smallest absolute Gasteiger partial charge is 0.114 e. The summed E-state index contributed by atoms with van der Waals surface area (Å²) in [6.45, 7) is 0. The van der Waals surface area contributed by atoms with Gasteiger partial charge < -0.3 is 0 Å². The fourth-order valence-corrected chi connectivity index (χ4v) is 1.91. The molecule has 1 heterocycles. The van der Waals surface area contributed by atoms with Gasteiger partial charge in [0.15, 0.2) is 0 Å². The highest BCUT2D eigenvalue weighted by molar-refractivity contribution is 9.10. The molecule has 0 saturated carbocycles. The van der Waals surface area contributed by atoms with Gasteiger partial charge in [-0.2, -0.15) is 0 Å². The third-order valence-corrected chi connectivity index (χ3v) is 2.34. The van der Waals surface area contributed by atoms with Gasteiger partial charge in [0.25, 0.3) is 0 Å². The first-order valence-corrected chi connectivity index (χ1v) is 4.29. The van der Waals surface area contributed by atoms with Crippen LogP contribution in [0.1, 0.15) is 0 Å². The van der Waals surface area contributed by atoms with E-state index < -0.39 is 0 Å². The molecule has 0 aromatic heterocycles. The minimum Gasteiger partial charge on any atom is -0.131 e. The molecule has 1 unspecified atom stereocenters. The first-order chi connectivity index (χ1) is 5.27. The van der Waals surface area contributed by atoms with E-state index in [1.54, 1.807) is 6.08 Å². The van der Waals surface area contributed by atoms with E-state index in [9.17, 15) is 0 Å². The average molecular weight is 232 g/mol. The molecule has 0 bridgehead atoms. The zero-order chi connectivity index (χ0) is 7.84. The molecule has 0 radical (unpaired) electrons. The summed E-state index contributed by atoms with van der Waals surface area (Å²) in [5.41, 5.74) is 1.58. The van der Waals surface area contributed by atoms with Crippen molar-refractivity contribution >= 4 is 33.2 Å². The van der Waals surface area contributed by atoms with Crippen molar-refractivity contribution in [2.75, 3.05) is 0 Å². The van der Waals surface area contributed by atoms with Gasteiger partial charge in [0.1, 0.15) is 11.4 Å². The topological polar surface area (TPSA) is 37.1 Å². The maximum absolute atomic E-state index is 5.78. The number of allylic oxidation sites excluding steroid dienone is 4. The van der Waals surface area contributed by atoms with Crippen molar-refractivity contribution in [3.05, 3.63) is 22.9 Å². The highest BCUT2D eigenvalue weighted by atomic mass is 79.9. The van der Waals surface area contributed by atoms with Crippen LogP contribution in [0.25, 0.3) is 0 Å². The summed E-state index contributed by atoms with van der Waals surface area (Å²) in [7, 11) is 0. The summed E-state index contributed by atoms with van der Waals surface area (Å²) in [6, 6.07) is 0. The Balaban J connectivity index is 2.46. The lowest BCUT2D eigenvalue weighted by molar-refractivity contribution is 1.09. The van der Waals surface area contributed by atoms with E-state index in [1.807, 2.05) is 6.08 Å². The van der Waals surface area contributed by atoms with Crippen LogP contribution >= 0.6 is 27.5 Å². The third kappa shape index (κ3) is 1.16. The number of fused-ring (bicyclic) bond motifs is 1. The van der Waals surface area contributed by atoms with E-state index in [4.69, 9.17) is 11.6 Å². The molecular formula is C6H3BrClN3. The number of hydrogen-bond acceptors (Lipinski definition) is 3. The number of alkyl halides is 1. The molecule has 0 fully saturated rings. The SMILES string of the molecule is ClC1=CC(Br)C2=NN=NC2=C1. The first kappa shape index (κ1) is 7.18. The highest BCUT2D eigenvalue weighted by Crippen LogP contribution is 2.26. The van der Waals surface area contributed by atoms with Crippen molar-refractivity contribution in [3.63, 3.8) is 0 Å². The second-order valence-corrected chi connectivity index (χ2v) is 3.58. The van der Waals surface area contributed by atoms with Gasteiger partial charge in [-0.05, 0) is 17.4 Å². The van der Waals surface area contributed by atoms with Crippen LogP contribution < -0.4 is 0 Å². The third-order valence-electron chi connectivity index (χ3n) is 1.41. The molecule has 0 spiro atoms. The van der Waals surface area contributed by atoms with E-state index in [0.29, 0.717) is 5.03 Å². The van der Waals surface area contributed by atoms with Crippen LogP contribution in [0.15, 0.2) is 38.3 Å². The summed E-state index contributed by atoms with van der Waals surface area (Å²) in [4.78, 5) is 0.0463. The van der Waals surface area contributed by atoms with Gasteiger partial charge in [-0.15, -0.1) is 10.2 Å². The Labute approximate surface area is 76.7 Å². The second kappa shape index (κ2) is 2.53. The lowest BCUT2D eigenvalue weighted by atomic mass is 10.1. The fraction of sp³-hybridized carbons (Fsp3) is 0.167. The van der Waals surface area contributed by atoms with Crippen molar-refractivity contribution in [1.29, 1.82) is 0 Å². The Bertz CT molecular complexity index is 316. The average Bonchev–Trinajstić information content (AvgIpc) is 2.34. The molecule has 5 heteroatoms. The van der Waals surface area contributed by atoms with Crippen LogP contribution in [0.5, 0.6) is 0 Å². The molecule has 0 amide bonds. The number of halogens is 2. The molecular weight excluding hydrogens is 229 g/mol. The predicted molar refractivity (Wildman–Crippen MR) is 47.0 cm³/mol. The fourth-order valence-electron chi connectivity index (χ4n) is 0.918. The molecule has 2 rings (SSSR count). The molecule has 2 aliphatic rings. The van der Waals surface area contributed by atoms with Crippen LogP contribution in [0.4, 0.5) is 0 Å². The minimum atomic E-state index is 0.0463. The molecule has 0 N–H and O–H groups in total. The first-order valence-electron chi connectivity index (χ1n) is 2.99. The molecule has 0 aromatic carbocycles. The Morgan fingerprint density at radius 1 is 1.55 bits per heavy atom. The summed E-state index contributed by atoms with van der Waals surface area (Å²) in [5.74, 6) is 0. The Morgan fingerprint density at radius 3 is 3.18 bits per heavy atom. The number of nitrogens with zero attached hydrogens (tertiary/aromatic N) is 3. The van der Waals surface area contributed by atoms with Crippen LogP contribution in [0.2, 0.25) is 0 Å². The largest absolute Gasteiger partial charge is 0.131 e. The maximum Gasteiger partial charge on any atom is 0.114 e. The van der Waals surface area contributed by atoms with Crippen LogP contribution in [-0.4, -0.2) is 10.5 Å². The Morgan fingerprint density at radius 2 is 2.36 bits per heavy atom. The summed E-state index contributed by atoms with van der Waals surface area (Å²) in [6.07, 6.45) is 3.59. The van der Waals surface area contributed by atoms with Gasteiger partial charge >= 0.3 is 0 Å². The van der Waals surface area contributed by atoms with Gasteiger partial charge in [0, 0.05) is 5.03 Å². The van der Waals surface area contributed by atoms with E-state index in [1.165, 1.54) is 0 Å². The van der Waals surface area contributed by atoms with Gasteiger partial charge in [0.2, 0.25) is 0 Å². The standard InChI is InChI=1S/C6H3BrClN3/c7-4-1-3(8)2-5-6(4)10-11-9-5/h1-2,4H. The minimum absolute atomic E-state index is 0.0463. The zero-order valence-corrected chi connectivity index (χ0v) is 7.67. The van der Waals surface area contributed by atoms with Crippen molar-refractivity contribution in [1.82, 2.24) is 0 Å². The number of hydrogen-bond donors (Lipinski definition) is 0. The maximum atomic E-state index is 5.78. The normalized spacial score (nSPS) is 27.5. The van der Waals surface area contributed by atoms with Crippen LogP contribution in [0.3, 0.4) is 0 Å². The van der Waals surface area contributed by atoms with Crippen LogP contribution in [0, 0.1) is 0 Å². The number of rotatable bonds is 0. The summed E-state index contributed by atoms with van der Waals surface area (Å²) >= 11 is 9.16. The molecule has 0 aromatic rings. The molecule has 3 nitrogen and oxygen atoms in total. The van der Waals surface area contributed by atoms with Crippen molar-refractivity contribution in [3.8, 4) is 0 Å². The van der Waals surface area contributed by atoms with E-state index in [-0.39, 0.29) is 4.83 Å². The quantitative estimate of drug-likeness (QED) is 0.576. The Hall–Kier alpha value is -0.480. The van der Waals surface area contributed by atoms with Crippen molar-refractivity contribution in [2.45, 2.75) is 4.83 Å². The summed E-state index contributed by atoms with van der Waals surface area (Å²) < 4.78 is 0. The summed E-state index contributed by atoms with van der Waals surface area (Å²) in [5, 5.41) is 11.8. The Kier molecular flexibility index (Phi) is 1.65. The van der Waals surface area contributed by atoms with E-state index >= 15 is 0 Å². The van der Waals surface area contributed by atoms with Crippen LogP contribution in [-0.2, 0) is 0 Å². The van der Waals surface area contributed by atoms with Gasteiger partial charge in [-0.1, -0.05) is 27.5 Å². The zero-order valence-electron chi connectivity index (χ0n) is 5.33. The monoisotopic (exact) mass is 231 g/mol. The van der Waals surface area contributed by atoms with Gasteiger partial charge in [0.05, 0.1) is 4.83 Å². The predicted octanol–water partition coefficient (Wildman–Crippen LogP) is 2.59. The second-order valence-electron chi connectivity index (χ2n) is 2.16. The van der Waals surface area contributed by atoms with E-state index in [2.05, 4.69) is 31.4 Å². The van der Waals surface area contributed by atoms with Gasteiger partial charge in [-0.3, -0.25) is 0 Å². The van der Waals surface area contributed by atoms with Gasteiger partial charge in [-0.25, -0.2) is 0 Å². The molecule has 56 valence electrons. The molecule has 1 aliphatic heterocycles. The van der Waals surface area contributed by atoms with Crippen molar-refractivity contribution < 1.29 is 0 Å². The molecule has 11 heavy (non-hydrogen) atoms. The molecule has 1 aliphatic carbocycles. The lowest BCUT2D eigenvalue weighted by Gasteiger charge is -2.08. The van der Waals surface area contributed by atoms with Crippen molar-refractivity contribution in [2.24, 2.45) is 15.4 Å². The lowest BCUT2D eigenvalue weighted by Crippen LogP contribution is -2.14.